The third kappa shape index (κ3) is 5.84. The van der Waals surface area contributed by atoms with Crippen LogP contribution in [0.1, 0.15) is 26.7 Å². The van der Waals surface area contributed by atoms with Gasteiger partial charge in [-0.1, -0.05) is 13.8 Å². The van der Waals surface area contributed by atoms with E-state index in [-0.39, 0.29) is 0 Å². The number of ether oxygens (including phenoxy) is 1. The molecule has 0 amide bonds. The van der Waals surface area contributed by atoms with Gasteiger partial charge in [0.1, 0.15) is 0 Å². The molecule has 1 atom stereocenters. The van der Waals surface area contributed by atoms with Crippen LogP contribution in [-0.2, 0) is 4.74 Å². The second-order valence-corrected chi connectivity index (χ2v) is 5.09. The van der Waals surface area contributed by atoms with E-state index in [4.69, 9.17) is 16.3 Å². The molecular formula is C11H22ClNO. The Balaban J connectivity index is 1.79. The average molecular weight is 220 g/mol. The zero-order chi connectivity index (χ0) is 10.4. The van der Waals surface area contributed by atoms with Crippen molar-refractivity contribution in [2.75, 3.05) is 26.3 Å². The Hall–Kier alpha value is 0.210. The van der Waals surface area contributed by atoms with Crippen molar-refractivity contribution in [3.05, 3.63) is 0 Å². The number of halogens is 1. The van der Waals surface area contributed by atoms with E-state index in [0.717, 1.165) is 32.2 Å². The standard InChI is InChI=1S/C11H22ClNO/c1-9(2)8-14-6-5-13-7-11(12)10-3-4-10/h9-11,13H,3-8H2,1-2H3. The Morgan fingerprint density at radius 3 is 2.71 bits per heavy atom. The van der Waals surface area contributed by atoms with E-state index < -0.39 is 0 Å². The van der Waals surface area contributed by atoms with Gasteiger partial charge in [0, 0.05) is 25.1 Å². The van der Waals surface area contributed by atoms with Crippen LogP contribution in [0.3, 0.4) is 0 Å². The maximum Gasteiger partial charge on any atom is 0.0591 e. The molecule has 0 bridgehead atoms. The summed E-state index contributed by atoms with van der Waals surface area (Å²) in [6.45, 7) is 7.83. The van der Waals surface area contributed by atoms with E-state index in [1.807, 2.05) is 0 Å². The Labute approximate surface area is 92.3 Å². The number of nitrogens with one attached hydrogen (secondary N) is 1. The Morgan fingerprint density at radius 1 is 1.43 bits per heavy atom. The predicted molar refractivity (Wildman–Crippen MR) is 60.9 cm³/mol. The van der Waals surface area contributed by atoms with Crippen LogP contribution >= 0.6 is 11.6 Å². The van der Waals surface area contributed by atoms with Gasteiger partial charge >= 0.3 is 0 Å². The molecule has 0 aromatic rings. The first kappa shape index (κ1) is 12.3. The zero-order valence-corrected chi connectivity index (χ0v) is 10.0. The van der Waals surface area contributed by atoms with Crippen LogP contribution < -0.4 is 5.32 Å². The fraction of sp³-hybridized carbons (Fsp3) is 1.00. The van der Waals surface area contributed by atoms with Crippen LogP contribution in [0.15, 0.2) is 0 Å². The minimum absolute atomic E-state index is 0.333. The molecule has 0 heterocycles. The summed E-state index contributed by atoms with van der Waals surface area (Å²) in [5.74, 6) is 1.41. The second-order valence-electron chi connectivity index (χ2n) is 4.53. The highest BCUT2D eigenvalue weighted by Gasteiger charge is 2.28. The monoisotopic (exact) mass is 219 g/mol. The lowest BCUT2D eigenvalue weighted by molar-refractivity contribution is 0.112. The van der Waals surface area contributed by atoms with Crippen molar-refractivity contribution < 1.29 is 4.74 Å². The average Bonchev–Trinajstić information content (AvgIpc) is 2.92. The van der Waals surface area contributed by atoms with Gasteiger partial charge in [0.2, 0.25) is 0 Å². The first-order chi connectivity index (χ1) is 6.70. The minimum Gasteiger partial charge on any atom is -0.380 e. The van der Waals surface area contributed by atoms with E-state index in [2.05, 4.69) is 19.2 Å². The Bertz CT molecular complexity index is 148. The highest BCUT2D eigenvalue weighted by molar-refractivity contribution is 6.21. The fourth-order valence-electron chi connectivity index (χ4n) is 1.33. The number of hydrogen-bond acceptors (Lipinski definition) is 2. The smallest absolute Gasteiger partial charge is 0.0591 e. The van der Waals surface area contributed by atoms with Crippen molar-refractivity contribution in [1.82, 2.24) is 5.32 Å². The largest absolute Gasteiger partial charge is 0.380 e. The third-order valence-electron chi connectivity index (χ3n) is 2.35. The fourth-order valence-corrected chi connectivity index (χ4v) is 1.69. The van der Waals surface area contributed by atoms with Crippen LogP contribution in [0.25, 0.3) is 0 Å². The number of alkyl halides is 1. The SMILES string of the molecule is CC(C)COCCNCC(Cl)C1CC1. The molecule has 1 aliphatic carbocycles. The predicted octanol–water partition coefficient (Wildman–Crippen LogP) is 2.27. The van der Waals surface area contributed by atoms with Gasteiger partial charge in [0.15, 0.2) is 0 Å². The lowest BCUT2D eigenvalue weighted by atomic mass is 10.2. The third-order valence-corrected chi connectivity index (χ3v) is 2.86. The Morgan fingerprint density at radius 2 is 2.14 bits per heavy atom. The van der Waals surface area contributed by atoms with Gasteiger partial charge in [0.25, 0.3) is 0 Å². The van der Waals surface area contributed by atoms with Gasteiger partial charge in [-0.05, 0) is 24.7 Å². The van der Waals surface area contributed by atoms with E-state index in [1.165, 1.54) is 12.8 Å². The van der Waals surface area contributed by atoms with Gasteiger partial charge in [-0.3, -0.25) is 0 Å². The van der Waals surface area contributed by atoms with Gasteiger partial charge in [-0.15, -0.1) is 11.6 Å². The van der Waals surface area contributed by atoms with Gasteiger partial charge in [-0.25, -0.2) is 0 Å². The first-order valence-electron chi connectivity index (χ1n) is 5.62. The molecule has 0 saturated heterocycles. The molecule has 14 heavy (non-hydrogen) atoms. The van der Waals surface area contributed by atoms with E-state index in [0.29, 0.717) is 11.3 Å². The summed E-state index contributed by atoms with van der Waals surface area (Å²) in [4.78, 5) is 0. The van der Waals surface area contributed by atoms with Crippen LogP contribution in [-0.4, -0.2) is 31.7 Å². The molecule has 0 aliphatic heterocycles. The molecule has 1 aliphatic rings. The molecule has 0 radical (unpaired) electrons. The van der Waals surface area contributed by atoms with Crippen molar-refractivity contribution in [2.24, 2.45) is 11.8 Å². The molecule has 1 unspecified atom stereocenters. The summed E-state index contributed by atoms with van der Waals surface area (Å²) in [6.07, 6.45) is 2.64. The van der Waals surface area contributed by atoms with Gasteiger partial charge in [-0.2, -0.15) is 0 Å². The summed E-state index contributed by atoms with van der Waals surface area (Å²) in [5.41, 5.74) is 0. The summed E-state index contributed by atoms with van der Waals surface area (Å²) in [5, 5.41) is 3.66. The molecule has 0 aromatic carbocycles. The van der Waals surface area contributed by atoms with E-state index in [1.54, 1.807) is 0 Å². The molecule has 84 valence electrons. The van der Waals surface area contributed by atoms with Crippen LogP contribution in [0.2, 0.25) is 0 Å². The maximum atomic E-state index is 6.14. The molecule has 1 fully saturated rings. The zero-order valence-electron chi connectivity index (χ0n) is 9.26. The molecule has 2 nitrogen and oxygen atoms in total. The molecule has 0 spiro atoms. The highest BCUT2D eigenvalue weighted by atomic mass is 35.5. The lowest BCUT2D eigenvalue weighted by Gasteiger charge is -2.10. The molecule has 1 rings (SSSR count). The van der Waals surface area contributed by atoms with Gasteiger partial charge in [0.05, 0.1) is 6.61 Å². The summed E-state index contributed by atoms with van der Waals surface area (Å²) in [7, 11) is 0. The summed E-state index contributed by atoms with van der Waals surface area (Å²) >= 11 is 6.14. The van der Waals surface area contributed by atoms with Gasteiger partial charge < -0.3 is 10.1 Å². The van der Waals surface area contributed by atoms with Crippen molar-refractivity contribution in [2.45, 2.75) is 32.1 Å². The van der Waals surface area contributed by atoms with Crippen molar-refractivity contribution in [1.29, 1.82) is 0 Å². The topological polar surface area (TPSA) is 21.3 Å². The lowest BCUT2D eigenvalue weighted by Crippen LogP contribution is -2.28. The van der Waals surface area contributed by atoms with Crippen LogP contribution in [0, 0.1) is 11.8 Å². The van der Waals surface area contributed by atoms with E-state index in [9.17, 15) is 0 Å². The van der Waals surface area contributed by atoms with Crippen molar-refractivity contribution in [3.8, 4) is 0 Å². The molecule has 1 saturated carbocycles. The normalized spacial score (nSPS) is 18.9. The summed E-state index contributed by atoms with van der Waals surface area (Å²) in [6, 6.07) is 0. The Kier molecular flexibility index (Phi) is 5.83. The molecule has 3 heteroatoms. The second kappa shape index (κ2) is 6.65. The number of hydrogen-bond donors (Lipinski definition) is 1. The van der Waals surface area contributed by atoms with E-state index >= 15 is 0 Å². The molecular weight excluding hydrogens is 198 g/mol. The first-order valence-corrected chi connectivity index (χ1v) is 6.06. The van der Waals surface area contributed by atoms with Crippen LogP contribution in [0.5, 0.6) is 0 Å². The van der Waals surface area contributed by atoms with Crippen molar-refractivity contribution >= 4 is 11.6 Å². The highest BCUT2D eigenvalue weighted by Crippen LogP contribution is 2.35. The minimum atomic E-state index is 0.333. The summed E-state index contributed by atoms with van der Waals surface area (Å²) < 4.78 is 5.45. The van der Waals surface area contributed by atoms with Crippen molar-refractivity contribution in [3.63, 3.8) is 0 Å². The number of rotatable bonds is 8. The molecule has 1 N–H and O–H groups in total. The quantitative estimate of drug-likeness (QED) is 0.500. The molecule has 0 aromatic heterocycles. The van der Waals surface area contributed by atoms with Crippen LogP contribution in [0.4, 0.5) is 0 Å². The maximum absolute atomic E-state index is 6.14.